The van der Waals surface area contributed by atoms with E-state index < -0.39 is 37.5 Å². The molecule has 1 heterocycles. The van der Waals surface area contributed by atoms with Gasteiger partial charge < -0.3 is 15.5 Å². The van der Waals surface area contributed by atoms with Gasteiger partial charge in [-0.25, -0.2) is 13.1 Å². The van der Waals surface area contributed by atoms with E-state index in [9.17, 15) is 28.1 Å². The summed E-state index contributed by atoms with van der Waals surface area (Å²) in [4.78, 5) is 42.6. The Bertz CT molecular complexity index is 2360. The molecule has 15 heteroatoms. The maximum atomic E-state index is 13.4. The smallest absolute Gasteiger partial charge is 0.293 e. The minimum absolute atomic E-state index is 0.0611. The van der Waals surface area contributed by atoms with Crippen molar-refractivity contribution in [3.05, 3.63) is 148 Å². The molecule has 7 rings (SSSR count). The number of hydrogen-bond acceptors (Lipinski definition) is 10. The van der Waals surface area contributed by atoms with Gasteiger partial charge in [0.1, 0.15) is 5.69 Å². The minimum atomic E-state index is -4.49. The van der Waals surface area contributed by atoms with Crippen LogP contribution in [0.25, 0.3) is 11.1 Å². The molecule has 3 N–H and O–H groups in total. The van der Waals surface area contributed by atoms with Crippen LogP contribution in [-0.2, 0) is 21.4 Å². The molecule has 5 aromatic carbocycles. The fraction of sp³-hybridized carbons (Fsp3) is 0.256. The summed E-state index contributed by atoms with van der Waals surface area (Å²) < 4.78 is 28.8. The Morgan fingerprint density at radius 3 is 2.22 bits per heavy atom. The summed E-state index contributed by atoms with van der Waals surface area (Å²) in [5.41, 5.74) is 4.03. The van der Waals surface area contributed by atoms with Crippen molar-refractivity contribution in [2.24, 2.45) is 0 Å². The molecule has 1 saturated carbocycles. The second-order valence-corrected chi connectivity index (χ2v) is 17.6. The Morgan fingerprint density at radius 1 is 0.862 bits per heavy atom. The first kappa shape index (κ1) is 40.8. The van der Waals surface area contributed by atoms with Crippen LogP contribution in [0, 0.1) is 10.1 Å². The number of anilines is 2. The first-order valence-electron chi connectivity index (χ1n) is 19.0. The van der Waals surface area contributed by atoms with Crippen molar-refractivity contribution in [2.75, 3.05) is 42.1 Å². The van der Waals surface area contributed by atoms with Gasteiger partial charge in [0.25, 0.3) is 21.6 Å². The third-order valence-corrected chi connectivity index (χ3v) is 12.8. The van der Waals surface area contributed by atoms with Crippen LogP contribution >= 0.6 is 23.4 Å². The van der Waals surface area contributed by atoms with E-state index in [-0.39, 0.29) is 29.6 Å². The number of benzene rings is 5. The van der Waals surface area contributed by atoms with Gasteiger partial charge >= 0.3 is 0 Å². The number of amides is 2. The molecule has 2 amide bonds. The van der Waals surface area contributed by atoms with Crippen LogP contribution in [0.1, 0.15) is 35.2 Å². The van der Waals surface area contributed by atoms with Gasteiger partial charge in [-0.15, -0.1) is 11.8 Å². The van der Waals surface area contributed by atoms with Crippen LogP contribution in [0.3, 0.4) is 0 Å². The van der Waals surface area contributed by atoms with Gasteiger partial charge in [0.2, 0.25) is 5.91 Å². The van der Waals surface area contributed by atoms with Crippen molar-refractivity contribution < 1.29 is 22.9 Å². The lowest BCUT2D eigenvalue weighted by atomic mass is 9.99. The molecule has 1 atom stereocenters. The summed E-state index contributed by atoms with van der Waals surface area (Å²) in [6.07, 6.45) is 1.92. The summed E-state index contributed by atoms with van der Waals surface area (Å²) in [6, 6.07) is 35.6. The number of rotatable bonds is 16. The highest BCUT2D eigenvalue weighted by Crippen LogP contribution is 2.31. The molecular weight excluding hydrogens is 796 g/mol. The van der Waals surface area contributed by atoms with Crippen LogP contribution in [0.2, 0.25) is 5.02 Å². The molecule has 1 aliphatic carbocycles. The van der Waals surface area contributed by atoms with Crippen LogP contribution < -0.4 is 20.3 Å². The van der Waals surface area contributed by atoms with Gasteiger partial charge in [-0.1, -0.05) is 66.2 Å². The van der Waals surface area contributed by atoms with E-state index in [1.165, 1.54) is 23.9 Å². The quantitative estimate of drug-likeness (QED) is 0.0515. The normalized spacial score (nSPS) is 15.0. The zero-order chi connectivity index (χ0) is 40.6. The van der Waals surface area contributed by atoms with Gasteiger partial charge in [0.15, 0.2) is 0 Å². The first-order valence-corrected chi connectivity index (χ1v) is 21.9. The highest BCUT2D eigenvalue weighted by atomic mass is 35.5. The Kier molecular flexibility index (Phi) is 13.0. The fourth-order valence-electron chi connectivity index (χ4n) is 6.84. The minimum Gasteiger partial charge on any atom is -0.375 e. The van der Waals surface area contributed by atoms with Crippen LogP contribution in [0.4, 0.5) is 17.1 Å². The van der Waals surface area contributed by atoms with Crippen LogP contribution in [0.5, 0.6) is 0 Å². The van der Waals surface area contributed by atoms with Crippen molar-refractivity contribution in [3.63, 3.8) is 0 Å². The molecule has 2 aliphatic rings. The molecule has 2 fully saturated rings. The monoisotopic (exact) mass is 838 g/mol. The lowest BCUT2D eigenvalue weighted by Gasteiger charge is -2.36. The van der Waals surface area contributed by atoms with E-state index in [1.54, 1.807) is 24.3 Å². The number of carbonyl (C=O) groups excluding carboxylic acids is 2. The number of nitrogens with zero attached hydrogens (tertiary/aromatic N) is 3. The molecule has 0 unspecified atom stereocenters. The van der Waals surface area contributed by atoms with Crippen LogP contribution in [-0.4, -0.2) is 74.1 Å². The first-order chi connectivity index (χ1) is 28.0. The molecule has 1 saturated heterocycles. The lowest BCUT2D eigenvalue weighted by molar-refractivity contribution is -0.384. The second-order valence-electron chi connectivity index (χ2n) is 14.4. The average Bonchev–Trinajstić information content (AvgIpc) is 4.05. The number of thioether (sulfide) groups is 1. The fourth-order valence-corrected chi connectivity index (χ4v) is 8.97. The molecule has 58 heavy (non-hydrogen) atoms. The zero-order valence-corrected chi connectivity index (χ0v) is 33.9. The maximum absolute atomic E-state index is 13.4. The Balaban J connectivity index is 0.966. The number of sulfonamides is 1. The van der Waals surface area contributed by atoms with Crippen molar-refractivity contribution in [1.29, 1.82) is 0 Å². The van der Waals surface area contributed by atoms with Crippen LogP contribution in [0.15, 0.2) is 131 Å². The predicted molar refractivity (Wildman–Crippen MR) is 229 cm³/mol. The van der Waals surface area contributed by atoms with Crippen molar-refractivity contribution >= 4 is 62.3 Å². The standard InChI is InChI=1S/C43H43ClN6O6S2/c44-33-13-19-39(30-7-3-1-4-8-30)32(25-33)28-48-21-23-49(24-22-48)36-16-11-31(12-17-36)43(52)47-58(55,56)38-18-20-40(41(27-38)50(53)54)45-35(26-42(51)46-34-14-15-34)29-57-37-9-5-2-6-10-37/h1-13,16-20,25,27,34-35,45H,14-15,21-24,26,28-29H2,(H,46,51)(H,47,52)/t35-/m1/s1. The highest BCUT2D eigenvalue weighted by Gasteiger charge is 2.28. The van der Waals surface area contributed by atoms with E-state index in [0.717, 1.165) is 78.9 Å². The molecule has 5 aromatic rings. The van der Waals surface area contributed by atoms with Gasteiger partial charge in [-0.3, -0.25) is 24.6 Å². The van der Waals surface area contributed by atoms with Crippen molar-refractivity contribution in [1.82, 2.24) is 14.9 Å². The zero-order valence-electron chi connectivity index (χ0n) is 31.6. The number of nitrogens with one attached hydrogen (secondary N) is 3. The number of halogens is 1. The van der Waals surface area contributed by atoms with E-state index >= 15 is 0 Å². The number of nitro groups is 1. The lowest BCUT2D eigenvalue weighted by Crippen LogP contribution is -2.46. The van der Waals surface area contributed by atoms with E-state index in [1.807, 2.05) is 60.7 Å². The second kappa shape index (κ2) is 18.5. The summed E-state index contributed by atoms with van der Waals surface area (Å²) >= 11 is 7.88. The average molecular weight is 839 g/mol. The highest BCUT2D eigenvalue weighted by molar-refractivity contribution is 7.99. The molecule has 300 valence electrons. The topological polar surface area (TPSA) is 154 Å². The van der Waals surface area contributed by atoms with Crippen molar-refractivity contribution in [3.8, 4) is 11.1 Å². The van der Waals surface area contributed by atoms with E-state index in [4.69, 9.17) is 11.6 Å². The number of piperazine rings is 1. The predicted octanol–water partition coefficient (Wildman–Crippen LogP) is 7.60. The molecule has 0 aromatic heterocycles. The summed E-state index contributed by atoms with van der Waals surface area (Å²) in [5, 5.41) is 19.0. The number of hydrogen-bond donors (Lipinski definition) is 3. The van der Waals surface area contributed by atoms with Crippen molar-refractivity contribution in [2.45, 2.75) is 47.7 Å². The number of carbonyl (C=O) groups is 2. The SMILES string of the molecule is O=C(C[C@H](CSc1ccccc1)Nc1ccc(S(=O)(=O)NC(=O)c2ccc(N3CCN(Cc4cc(Cl)ccc4-c4ccccc4)CC3)cc2)cc1[N+](=O)[O-])NC1CC1. The summed E-state index contributed by atoms with van der Waals surface area (Å²) in [5.74, 6) is -0.613. The molecule has 0 radical (unpaired) electrons. The van der Waals surface area contributed by atoms with Gasteiger partial charge in [-0.2, -0.15) is 0 Å². The molecule has 0 spiro atoms. The molecule has 0 bridgehead atoms. The Labute approximate surface area is 347 Å². The summed E-state index contributed by atoms with van der Waals surface area (Å²) in [6.45, 7) is 3.88. The molecule has 12 nitrogen and oxygen atoms in total. The number of nitro benzene ring substituents is 1. The Hall–Kier alpha value is -5.41. The van der Waals surface area contributed by atoms with E-state index in [2.05, 4.69) is 43.4 Å². The largest absolute Gasteiger partial charge is 0.375 e. The van der Waals surface area contributed by atoms with Gasteiger partial charge in [-0.05, 0) is 90.2 Å². The molecule has 1 aliphatic heterocycles. The summed E-state index contributed by atoms with van der Waals surface area (Å²) in [7, 11) is -4.49. The van der Waals surface area contributed by atoms with Gasteiger partial charge in [0.05, 0.1) is 9.82 Å². The Morgan fingerprint density at radius 2 is 1.55 bits per heavy atom. The van der Waals surface area contributed by atoms with E-state index in [0.29, 0.717) is 10.8 Å². The maximum Gasteiger partial charge on any atom is 0.293 e. The molecular formula is C43H43ClN6O6S2. The third-order valence-electron chi connectivity index (χ3n) is 10.0. The van der Waals surface area contributed by atoms with Gasteiger partial charge in [0, 0.05) is 84.2 Å². The third kappa shape index (κ3) is 10.7.